The van der Waals surface area contributed by atoms with E-state index in [1.165, 1.54) is 31.4 Å². The molecule has 0 bridgehead atoms. The van der Waals surface area contributed by atoms with Crippen molar-refractivity contribution < 1.29 is 22.7 Å². The molecular formula is C22H20N2O5S. The van der Waals surface area contributed by atoms with E-state index in [9.17, 15) is 18.0 Å². The molecule has 0 saturated heterocycles. The number of anilines is 2. The molecule has 3 rings (SSSR count). The average Bonchev–Trinajstić information content (AvgIpc) is 2.75. The van der Waals surface area contributed by atoms with Crippen molar-refractivity contribution in [1.82, 2.24) is 0 Å². The first-order valence-corrected chi connectivity index (χ1v) is 10.5. The smallest absolute Gasteiger partial charge is 0.337 e. The molecule has 1 amide bonds. The number of carbonyl (C=O) groups is 2. The Bertz CT molecular complexity index is 1190. The zero-order valence-electron chi connectivity index (χ0n) is 16.4. The van der Waals surface area contributed by atoms with E-state index in [0.717, 1.165) is 5.56 Å². The van der Waals surface area contributed by atoms with Crippen LogP contribution in [-0.4, -0.2) is 27.4 Å². The number of sulfonamides is 1. The first-order valence-electron chi connectivity index (χ1n) is 8.98. The molecule has 0 saturated carbocycles. The maximum atomic E-state index is 12.7. The second kappa shape index (κ2) is 8.79. The number of methoxy groups -OCH3 is 1. The zero-order chi connectivity index (χ0) is 21.7. The molecule has 2 N–H and O–H groups in total. The predicted octanol–water partition coefficient (Wildman–Crippen LogP) is 3.83. The van der Waals surface area contributed by atoms with Crippen molar-refractivity contribution >= 4 is 33.3 Å². The molecule has 3 aromatic rings. The summed E-state index contributed by atoms with van der Waals surface area (Å²) in [5.74, 6) is -0.955. The number of hydrogen-bond donors (Lipinski definition) is 2. The van der Waals surface area contributed by atoms with E-state index in [1.54, 1.807) is 55.5 Å². The number of benzene rings is 3. The third kappa shape index (κ3) is 4.84. The van der Waals surface area contributed by atoms with Gasteiger partial charge in [0.1, 0.15) is 0 Å². The maximum Gasteiger partial charge on any atom is 0.337 e. The van der Waals surface area contributed by atoms with Crippen molar-refractivity contribution in [2.45, 2.75) is 11.8 Å². The lowest BCUT2D eigenvalue weighted by Gasteiger charge is -2.12. The van der Waals surface area contributed by atoms with Gasteiger partial charge in [0.2, 0.25) is 0 Å². The van der Waals surface area contributed by atoms with Crippen LogP contribution in [0.25, 0.3) is 0 Å². The lowest BCUT2D eigenvalue weighted by Crippen LogP contribution is -2.16. The van der Waals surface area contributed by atoms with Crippen LogP contribution in [0.1, 0.15) is 26.3 Å². The van der Waals surface area contributed by atoms with Gasteiger partial charge >= 0.3 is 5.97 Å². The molecule has 0 spiro atoms. The topological polar surface area (TPSA) is 102 Å². The quantitative estimate of drug-likeness (QED) is 0.586. The summed E-state index contributed by atoms with van der Waals surface area (Å²) in [6.45, 7) is 1.79. The molecule has 0 aliphatic rings. The highest BCUT2D eigenvalue weighted by atomic mass is 32.2. The van der Waals surface area contributed by atoms with Gasteiger partial charge in [0.15, 0.2) is 0 Å². The number of amides is 1. The number of ether oxygens (including phenoxy) is 1. The Balaban J connectivity index is 1.81. The van der Waals surface area contributed by atoms with Gasteiger partial charge in [0.25, 0.3) is 15.9 Å². The van der Waals surface area contributed by atoms with Crippen LogP contribution in [0.4, 0.5) is 11.4 Å². The Kier molecular flexibility index (Phi) is 6.17. The minimum Gasteiger partial charge on any atom is -0.465 e. The van der Waals surface area contributed by atoms with Crippen LogP contribution in [-0.2, 0) is 14.8 Å². The fourth-order valence-corrected chi connectivity index (χ4v) is 3.80. The Hall–Kier alpha value is -3.65. The van der Waals surface area contributed by atoms with Crippen molar-refractivity contribution in [3.63, 3.8) is 0 Å². The van der Waals surface area contributed by atoms with E-state index in [-0.39, 0.29) is 16.1 Å². The molecule has 8 heteroatoms. The second-order valence-electron chi connectivity index (χ2n) is 6.47. The highest BCUT2D eigenvalue weighted by Gasteiger charge is 2.16. The van der Waals surface area contributed by atoms with Gasteiger partial charge in [-0.1, -0.05) is 30.3 Å². The van der Waals surface area contributed by atoms with Crippen LogP contribution in [0.3, 0.4) is 0 Å². The molecule has 154 valence electrons. The standard InChI is InChI=1S/C22H20N2O5S/c1-15-11-12-17(22(26)29-2)14-20(15)23-21(25)16-7-6-8-18(13-16)24-30(27,28)19-9-4-3-5-10-19/h3-14,24H,1-2H3,(H,23,25). The van der Waals surface area contributed by atoms with Crippen LogP contribution in [0.15, 0.2) is 77.7 Å². The molecule has 0 unspecified atom stereocenters. The summed E-state index contributed by atoms with van der Waals surface area (Å²) in [5, 5.41) is 2.74. The molecule has 0 atom stereocenters. The van der Waals surface area contributed by atoms with Gasteiger partial charge in [-0.15, -0.1) is 0 Å². The second-order valence-corrected chi connectivity index (χ2v) is 8.16. The summed E-state index contributed by atoms with van der Waals surface area (Å²) in [6, 6.07) is 18.9. The van der Waals surface area contributed by atoms with E-state index in [2.05, 4.69) is 10.0 Å². The normalized spacial score (nSPS) is 10.9. The molecule has 0 fully saturated rings. The van der Waals surface area contributed by atoms with Gasteiger partial charge in [0.05, 0.1) is 17.6 Å². The van der Waals surface area contributed by atoms with Gasteiger partial charge in [-0.2, -0.15) is 0 Å². The van der Waals surface area contributed by atoms with E-state index in [1.807, 2.05) is 0 Å². The summed E-state index contributed by atoms with van der Waals surface area (Å²) in [5.41, 5.74) is 2.04. The molecule has 3 aromatic carbocycles. The monoisotopic (exact) mass is 424 g/mol. The van der Waals surface area contributed by atoms with Crippen molar-refractivity contribution in [1.29, 1.82) is 0 Å². The lowest BCUT2D eigenvalue weighted by atomic mass is 10.1. The molecule has 0 aromatic heterocycles. The van der Waals surface area contributed by atoms with Crippen molar-refractivity contribution in [2.24, 2.45) is 0 Å². The molecule has 0 aliphatic carbocycles. The number of rotatable bonds is 6. The van der Waals surface area contributed by atoms with Crippen LogP contribution < -0.4 is 10.0 Å². The minimum atomic E-state index is -3.77. The third-order valence-electron chi connectivity index (χ3n) is 4.34. The number of hydrogen-bond acceptors (Lipinski definition) is 5. The molecule has 7 nitrogen and oxygen atoms in total. The molecule has 30 heavy (non-hydrogen) atoms. The van der Waals surface area contributed by atoms with E-state index >= 15 is 0 Å². The minimum absolute atomic E-state index is 0.120. The number of nitrogens with one attached hydrogen (secondary N) is 2. The highest BCUT2D eigenvalue weighted by molar-refractivity contribution is 7.92. The average molecular weight is 424 g/mol. The Morgan fingerprint density at radius 3 is 2.30 bits per heavy atom. The van der Waals surface area contributed by atoms with Gasteiger partial charge in [-0.25, -0.2) is 13.2 Å². The Labute approximate surface area is 174 Å². The SMILES string of the molecule is COC(=O)c1ccc(C)c(NC(=O)c2cccc(NS(=O)(=O)c3ccccc3)c2)c1. The summed E-state index contributed by atoms with van der Waals surface area (Å²) in [7, 11) is -2.49. The van der Waals surface area contributed by atoms with E-state index < -0.39 is 21.9 Å². The number of aryl methyl sites for hydroxylation is 1. The first kappa shape index (κ1) is 21.1. The molecule has 0 heterocycles. The van der Waals surface area contributed by atoms with Crippen LogP contribution in [0.2, 0.25) is 0 Å². The van der Waals surface area contributed by atoms with Crippen molar-refractivity contribution in [2.75, 3.05) is 17.1 Å². The number of carbonyl (C=O) groups excluding carboxylic acids is 2. The highest BCUT2D eigenvalue weighted by Crippen LogP contribution is 2.21. The summed E-state index contributed by atoms with van der Waals surface area (Å²) >= 11 is 0. The van der Waals surface area contributed by atoms with Gasteiger partial charge in [-0.05, 0) is 55.0 Å². The Morgan fingerprint density at radius 2 is 1.60 bits per heavy atom. The van der Waals surface area contributed by atoms with Gasteiger partial charge in [-0.3, -0.25) is 9.52 Å². The fourth-order valence-electron chi connectivity index (χ4n) is 2.73. The lowest BCUT2D eigenvalue weighted by molar-refractivity contribution is 0.0600. The van der Waals surface area contributed by atoms with E-state index in [0.29, 0.717) is 11.3 Å². The van der Waals surface area contributed by atoms with Crippen LogP contribution >= 0.6 is 0 Å². The van der Waals surface area contributed by atoms with Gasteiger partial charge in [0, 0.05) is 16.9 Å². The third-order valence-corrected chi connectivity index (χ3v) is 5.73. The zero-order valence-corrected chi connectivity index (χ0v) is 17.2. The summed E-state index contributed by atoms with van der Waals surface area (Å²) in [6.07, 6.45) is 0. The first-order chi connectivity index (χ1) is 14.3. The fraction of sp³-hybridized carbons (Fsp3) is 0.0909. The van der Waals surface area contributed by atoms with Gasteiger partial charge < -0.3 is 10.1 Å². The Morgan fingerprint density at radius 1 is 0.867 bits per heavy atom. The largest absolute Gasteiger partial charge is 0.465 e. The molecule has 0 radical (unpaired) electrons. The predicted molar refractivity (Wildman–Crippen MR) is 114 cm³/mol. The van der Waals surface area contributed by atoms with Crippen molar-refractivity contribution in [3.8, 4) is 0 Å². The van der Waals surface area contributed by atoms with Crippen molar-refractivity contribution in [3.05, 3.63) is 89.5 Å². The molecule has 0 aliphatic heterocycles. The van der Waals surface area contributed by atoms with E-state index in [4.69, 9.17) is 4.74 Å². The number of esters is 1. The van der Waals surface area contributed by atoms with Crippen LogP contribution in [0, 0.1) is 6.92 Å². The van der Waals surface area contributed by atoms with Crippen LogP contribution in [0.5, 0.6) is 0 Å². The summed E-state index contributed by atoms with van der Waals surface area (Å²) < 4.78 is 32.2. The molecular weight excluding hydrogens is 404 g/mol. The summed E-state index contributed by atoms with van der Waals surface area (Å²) in [4.78, 5) is 24.5. The maximum absolute atomic E-state index is 12.7.